The van der Waals surface area contributed by atoms with Gasteiger partial charge in [0.25, 0.3) is 0 Å². The van der Waals surface area contributed by atoms with Gasteiger partial charge in [-0.3, -0.25) is 9.69 Å². The highest BCUT2D eigenvalue weighted by Crippen LogP contribution is 2.19. The Labute approximate surface area is 85.1 Å². The molecule has 1 unspecified atom stereocenters. The van der Waals surface area contributed by atoms with Crippen molar-refractivity contribution in [2.45, 2.75) is 45.7 Å². The van der Waals surface area contributed by atoms with Crippen molar-refractivity contribution < 1.29 is 9.90 Å². The summed E-state index contributed by atoms with van der Waals surface area (Å²) in [5, 5.41) is 17.9. The number of rotatable bonds is 5. The zero-order valence-corrected chi connectivity index (χ0v) is 9.24. The van der Waals surface area contributed by atoms with Crippen molar-refractivity contribution in [1.82, 2.24) is 4.90 Å². The zero-order valence-electron chi connectivity index (χ0n) is 9.24. The van der Waals surface area contributed by atoms with E-state index in [0.29, 0.717) is 13.0 Å². The van der Waals surface area contributed by atoms with Gasteiger partial charge in [0.1, 0.15) is 5.54 Å². The molecule has 0 fully saturated rings. The molecule has 80 valence electrons. The van der Waals surface area contributed by atoms with Gasteiger partial charge < -0.3 is 5.11 Å². The molecule has 0 saturated heterocycles. The van der Waals surface area contributed by atoms with Crippen molar-refractivity contribution in [3.8, 4) is 6.07 Å². The molecule has 0 aliphatic rings. The van der Waals surface area contributed by atoms with Gasteiger partial charge in [-0.1, -0.05) is 13.8 Å². The van der Waals surface area contributed by atoms with Crippen LogP contribution < -0.4 is 0 Å². The molecule has 0 rings (SSSR count). The molecule has 0 aliphatic carbocycles. The summed E-state index contributed by atoms with van der Waals surface area (Å²) in [5.74, 6) is -0.895. The third kappa shape index (κ3) is 2.46. The van der Waals surface area contributed by atoms with Crippen LogP contribution in [0.2, 0.25) is 0 Å². The highest BCUT2D eigenvalue weighted by Gasteiger charge is 2.37. The Morgan fingerprint density at radius 2 is 2.07 bits per heavy atom. The summed E-state index contributed by atoms with van der Waals surface area (Å²) in [6, 6.07) is 1.80. The quantitative estimate of drug-likeness (QED) is 0.726. The van der Waals surface area contributed by atoms with Crippen LogP contribution in [0.3, 0.4) is 0 Å². The first-order valence-electron chi connectivity index (χ1n) is 4.81. The van der Waals surface area contributed by atoms with Crippen molar-refractivity contribution in [1.29, 1.82) is 5.26 Å². The van der Waals surface area contributed by atoms with Crippen LogP contribution in [0.15, 0.2) is 0 Å². The summed E-state index contributed by atoms with van der Waals surface area (Å²) in [6.45, 7) is 7.56. The van der Waals surface area contributed by atoms with Gasteiger partial charge in [-0.25, -0.2) is 0 Å². The molecule has 0 amide bonds. The lowest BCUT2D eigenvalue weighted by atomic mass is 9.99. The number of likely N-dealkylation sites (N-methyl/N-ethyl adjacent to an activating group) is 1. The molecule has 4 heteroatoms. The van der Waals surface area contributed by atoms with Crippen LogP contribution in [0.5, 0.6) is 0 Å². The van der Waals surface area contributed by atoms with Gasteiger partial charge in [0.05, 0.1) is 12.1 Å². The minimum Gasteiger partial charge on any atom is -0.480 e. The third-order valence-corrected chi connectivity index (χ3v) is 2.49. The Bertz CT molecular complexity index is 243. The molecule has 0 aromatic carbocycles. The summed E-state index contributed by atoms with van der Waals surface area (Å²) in [6.07, 6.45) is 0.640. The molecule has 0 bridgehead atoms. The van der Waals surface area contributed by atoms with E-state index in [4.69, 9.17) is 10.4 Å². The van der Waals surface area contributed by atoms with Crippen molar-refractivity contribution in [2.75, 3.05) is 6.54 Å². The minimum atomic E-state index is -0.981. The summed E-state index contributed by atoms with van der Waals surface area (Å²) < 4.78 is 0. The topological polar surface area (TPSA) is 64.3 Å². The van der Waals surface area contributed by atoms with Crippen molar-refractivity contribution in [2.24, 2.45) is 0 Å². The van der Waals surface area contributed by atoms with Gasteiger partial charge in [-0.05, 0) is 26.8 Å². The molecule has 1 atom stereocenters. The molecule has 0 aromatic heterocycles. The summed E-state index contributed by atoms with van der Waals surface area (Å²) in [4.78, 5) is 12.7. The predicted octanol–water partition coefficient (Wildman–Crippen LogP) is 1.47. The molecule has 14 heavy (non-hydrogen) atoms. The largest absolute Gasteiger partial charge is 0.480 e. The summed E-state index contributed by atoms with van der Waals surface area (Å²) in [7, 11) is 0. The second-order valence-corrected chi connectivity index (χ2v) is 3.70. The number of carboxylic acids is 1. The van der Waals surface area contributed by atoms with Crippen LogP contribution in [0.4, 0.5) is 0 Å². The van der Waals surface area contributed by atoms with Crippen molar-refractivity contribution in [3.63, 3.8) is 0 Å². The highest BCUT2D eigenvalue weighted by molar-refractivity contribution is 5.77. The molecule has 0 heterocycles. The lowest BCUT2D eigenvalue weighted by Gasteiger charge is -2.36. The Hall–Kier alpha value is -1.08. The molecule has 4 nitrogen and oxygen atoms in total. The van der Waals surface area contributed by atoms with Gasteiger partial charge in [0, 0.05) is 0 Å². The number of nitrogens with zero attached hydrogens (tertiary/aromatic N) is 2. The van der Waals surface area contributed by atoms with Crippen LogP contribution >= 0.6 is 0 Å². The number of carboxylic acid groups (broad SMARTS) is 1. The molecule has 0 aliphatic heterocycles. The van der Waals surface area contributed by atoms with E-state index in [2.05, 4.69) is 6.07 Å². The Morgan fingerprint density at radius 1 is 1.57 bits per heavy atom. The summed E-state index contributed by atoms with van der Waals surface area (Å²) >= 11 is 0. The number of aliphatic carboxylic acids is 1. The minimum absolute atomic E-state index is 0.328. The first-order valence-corrected chi connectivity index (χ1v) is 4.81. The highest BCUT2D eigenvalue weighted by atomic mass is 16.4. The maximum atomic E-state index is 11.0. The average Bonchev–Trinajstić information content (AvgIpc) is 2.13. The van der Waals surface area contributed by atoms with E-state index in [9.17, 15) is 4.79 Å². The Balaban J connectivity index is 4.89. The first kappa shape index (κ1) is 12.9. The Morgan fingerprint density at radius 3 is 2.29 bits per heavy atom. The monoisotopic (exact) mass is 198 g/mol. The molecular weight excluding hydrogens is 180 g/mol. The molecule has 0 radical (unpaired) electrons. The zero-order chi connectivity index (χ0) is 11.4. The SMILES string of the molecule is CCC(C#N)N(CC)C(C)(C)C(=O)O. The number of carbonyl (C=O) groups is 1. The standard InChI is InChI=1S/C10H18N2O2/c1-5-8(7-11)12(6-2)10(3,4)9(13)14/h8H,5-6H2,1-4H3,(H,13,14). The maximum Gasteiger partial charge on any atom is 0.323 e. The number of hydrogen-bond acceptors (Lipinski definition) is 3. The predicted molar refractivity (Wildman–Crippen MR) is 53.8 cm³/mol. The van der Waals surface area contributed by atoms with Gasteiger partial charge in [0.15, 0.2) is 0 Å². The normalized spacial score (nSPS) is 13.7. The fourth-order valence-electron chi connectivity index (χ4n) is 1.51. The van der Waals surface area contributed by atoms with Crippen LogP contribution in [0.25, 0.3) is 0 Å². The fourth-order valence-corrected chi connectivity index (χ4v) is 1.51. The van der Waals surface area contributed by atoms with Crippen molar-refractivity contribution >= 4 is 5.97 Å². The molecule has 0 aromatic rings. The first-order chi connectivity index (χ1) is 6.41. The fraction of sp³-hybridized carbons (Fsp3) is 0.800. The van der Waals surface area contributed by atoms with Gasteiger partial charge in [-0.15, -0.1) is 0 Å². The smallest absolute Gasteiger partial charge is 0.323 e. The van der Waals surface area contributed by atoms with E-state index < -0.39 is 11.5 Å². The molecular formula is C10H18N2O2. The molecule has 1 N–H and O–H groups in total. The third-order valence-electron chi connectivity index (χ3n) is 2.49. The van der Waals surface area contributed by atoms with E-state index in [1.807, 2.05) is 13.8 Å². The van der Waals surface area contributed by atoms with E-state index in [1.54, 1.807) is 18.7 Å². The number of nitriles is 1. The van der Waals surface area contributed by atoms with Crippen LogP contribution in [0, 0.1) is 11.3 Å². The lowest BCUT2D eigenvalue weighted by Crippen LogP contribution is -2.54. The number of hydrogen-bond donors (Lipinski definition) is 1. The second kappa shape index (κ2) is 4.97. The van der Waals surface area contributed by atoms with Gasteiger partial charge in [-0.2, -0.15) is 5.26 Å². The molecule has 0 spiro atoms. The maximum absolute atomic E-state index is 11.0. The Kier molecular flexibility index (Phi) is 4.58. The van der Waals surface area contributed by atoms with Gasteiger partial charge in [0.2, 0.25) is 0 Å². The van der Waals surface area contributed by atoms with E-state index in [0.717, 1.165) is 0 Å². The van der Waals surface area contributed by atoms with Gasteiger partial charge >= 0.3 is 5.97 Å². The van der Waals surface area contributed by atoms with Crippen LogP contribution in [-0.4, -0.2) is 34.1 Å². The van der Waals surface area contributed by atoms with E-state index in [-0.39, 0.29) is 6.04 Å². The summed E-state index contributed by atoms with van der Waals surface area (Å²) in [5.41, 5.74) is -0.981. The van der Waals surface area contributed by atoms with Crippen LogP contribution in [0.1, 0.15) is 34.1 Å². The molecule has 0 saturated carbocycles. The second-order valence-electron chi connectivity index (χ2n) is 3.70. The average molecular weight is 198 g/mol. The van der Waals surface area contributed by atoms with E-state index in [1.165, 1.54) is 0 Å². The van der Waals surface area contributed by atoms with E-state index >= 15 is 0 Å². The lowest BCUT2D eigenvalue weighted by molar-refractivity contribution is -0.150. The van der Waals surface area contributed by atoms with Crippen LogP contribution in [-0.2, 0) is 4.79 Å². The van der Waals surface area contributed by atoms with Crippen molar-refractivity contribution in [3.05, 3.63) is 0 Å².